The van der Waals surface area contributed by atoms with E-state index in [1.54, 1.807) is 0 Å². The van der Waals surface area contributed by atoms with Gasteiger partial charge in [-0.1, -0.05) is 0 Å². The highest BCUT2D eigenvalue weighted by molar-refractivity contribution is 5.55. The van der Waals surface area contributed by atoms with Crippen molar-refractivity contribution in [1.82, 2.24) is 9.97 Å². The number of hydrogen-bond donors (Lipinski definition) is 1. The lowest BCUT2D eigenvalue weighted by molar-refractivity contribution is -0.0728. The van der Waals surface area contributed by atoms with Crippen LogP contribution in [-0.4, -0.2) is 34.4 Å². The maximum atomic E-state index is 6.01. The van der Waals surface area contributed by atoms with Crippen molar-refractivity contribution >= 4 is 5.69 Å². The van der Waals surface area contributed by atoms with Gasteiger partial charge in [0.2, 0.25) is 11.8 Å². The molecule has 20 heavy (non-hydrogen) atoms. The Morgan fingerprint density at radius 2 is 1.80 bits per heavy atom. The largest absolute Gasteiger partial charge is 0.473 e. The molecule has 2 heterocycles. The topological polar surface area (TPSA) is 79.5 Å². The van der Waals surface area contributed by atoms with Crippen LogP contribution in [0.25, 0.3) is 0 Å². The second-order valence-electron chi connectivity index (χ2n) is 5.53. The van der Waals surface area contributed by atoms with Crippen molar-refractivity contribution in [3.8, 4) is 11.8 Å². The van der Waals surface area contributed by atoms with Gasteiger partial charge in [0.1, 0.15) is 12.4 Å². The highest BCUT2D eigenvalue weighted by atomic mass is 16.5. The van der Waals surface area contributed by atoms with Gasteiger partial charge in [-0.25, -0.2) is 0 Å². The van der Waals surface area contributed by atoms with Gasteiger partial charge >= 0.3 is 0 Å². The highest BCUT2D eigenvalue weighted by Crippen LogP contribution is 2.30. The lowest BCUT2D eigenvalue weighted by atomic mass is 10.0. The van der Waals surface area contributed by atoms with E-state index >= 15 is 0 Å². The summed E-state index contributed by atoms with van der Waals surface area (Å²) in [7, 11) is 0. The molecule has 0 saturated carbocycles. The predicted molar refractivity (Wildman–Crippen MR) is 75.9 cm³/mol. The summed E-state index contributed by atoms with van der Waals surface area (Å²) in [6.07, 6.45) is 3.48. The standard InChI is InChI=1S/C14H23N3O3/c1-8(2)18-13-12(15)14(17-7-16-13)20-11-5-9(3)19-10(4)6-11/h7-11H,5-6,15H2,1-4H3. The van der Waals surface area contributed by atoms with Gasteiger partial charge in [0.05, 0.1) is 18.3 Å². The first-order valence-corrected chi connectivity index (χ1v) is 7.05. The fourth-order valence-corrected chi connectivity index (χ4v) is 2.37. The van der Waals surface area contributed by atoms with Gasteiger partial charge in [0, 0.05) is 12.8 Å². The van der Waals surface area contributed by atoms with Crippen molar-refractivity contribution in [2.24, 2.45) is 0 Å². The van der Waals surface area contributed by atoms with Crippen molar-refractivity contribution in [3.05, 3.63) is 6.33 Å². The number of nitrogen functional groups attached to an aromatic ring is 1. The SMILES string of the molecule is CC(C)Oc1ncnc(OC2CC(C)OC(C)C2)c1N. The Morgan fingerprint density at radius 3 is 2.40 bits per heavy atom. The molecule has 0 spiro atoms. The molecule has 0 aromatic carbocycles. The molecule has 1 aromatic heterocycles. The van der Waals surface area contributed by atoms with Crippen LogP contribution >= 0.6 is 0 Å². The fourth-order valence-electron chi connectivity index (χ4n) is 2.37. The number of ether oxygens (including phenoxy) is 3. The highest BCUT2D eigenvalue weighted by Gasteiger charge is 2.27. The molecule has 6 nitrogen and oxygen atoms in total. The van der Waals surface area contributed by atoms with Crippen molar-refractivity contribution in [3.63, 3.8) is 0 Å². The van der Waals surface area contributed by atoms with Gasteiger partial charge in [-0.2, -0.15) is 9.97 Å². The molecule has 2 atom stereocenters. The smallest absolute Gasteiger partial charge is 0.244 e. The van der Waals surface area contributed by atoms with E-state index in [4.69, 9.17) is 19.9 Å². The van der Waals surface area contributed by atoms with Crippen LogP contribution in [0.15, 0.2) is 6.33 Å². The number of rotatable bonds is 4. The van der Waals surface area contributed by atoms with E-state index in [9.17, 15) is 0 Å². The van der Waals surface area contributed by atoms with Crippen molar-refractivity contribution in [2.75, 3.05) is 5.73 Å². The van der Waals surface area contributed by atoms with Crippen LogP contribution in [-0.2, 0) is 4.74 Å². The maximum Gasteiger partial charge on any atom is 0.244 e. The maximum absolute atomic E-state index is 6.01. The summed E-state index contributed by atoms with van der Waals surface area (Å²) < 4.78 is 17.1. The summed E-state index contributed by atoms with van der Waals surface area (Å²) in [5, 5.41) is 0. The molecular weight excluding hydrogens is 258 g/mol. The molecule has 112 valence electrons. The second kappa shape index (κ2) is 6.26. The molecule has 6 heteroatoms. The first-order valence-electron chi connectivity index (χ1n) is 7.05. The summed E-state index contributed by atoms with van der Waals surface area (Å²) in [4.78, 5) is 8.15. The summed E-state index contributed by atoms with van der Waals surface area (Å²) in [5.41, 5.74) is 6.37. The van der Waals surface area contributed by atoms with E-state index in [0.29, 0.717) is 17.4 Å². The Bertz CT molecular complexity index is 443. The van der Waals surface area contributed by atoms with Crippen LogP contribution in [0.3, 0.4) is 0 Å². The number of nitrogens with two attached hydrogens (primary N) is 1. The minimum Gasteiger partial charge on any atom is -0.473 e. The molecule has 2 N–H and O–H groups in total. The Hall–Kier alpha value is -1.56. The molecule has 0 radical (unpaired) electrons. The fraction of sp³-hybridized carbons (Fsp3) is 0.714. The first kappa shape index (κ1) is 14.8. The number of aromatic nitrogens is 2. The van der Waals surface area contributed by atoms with Crippen molar-refractivity contribution in [1.29, 1.82) is 0 Å². The van der Waals surface area contributed by atoms with E-state index < -0.39 is 0 Å². The minimum atomic E-state index is 0.00294. The number of anilines is 1. The molecule has 2 unspecified atom stereocenters. The average Bonchev–Trinajstić information content (AvgIpc) is 2.32. The summed E-state index contributed by atoms with van der Waals surface area (Å²) in [6.45, 7) is 7.93. The van der Waals surface area contributed by atoms with E-state index in [1.165, 1.54) is 6.33 Å². The zero-order valence-electron chi connectivity index (χ0n) is 12.5. The number of nitrogens with zero attached hydrogens (tertiary/aromatic N) is 2. The molecule has 0 bridgehead atoms. The Morgan fingerprint density at radius 1 is 1.20 bits per heavy atom. The van der Waals surface area contributed by atoms with Gasteiger partial charge in [-0.15, -0.1) is 0 Å². The Kier molecular flexibility index (Phi) is 4.65. The van der Waals surface area contributed by atoms with E-state index in [-0.39, 0.29) is 24.4 Å². The zero-order valence-corrected chi connectivity index (χ0v) is 12.5. The molecule has 1 aromatic rings. The molecule has 0 amide bonds. The average molecular weight is 281 g/mol. The minimum absolute atomic E-state index is 0.00294. The monoisotopic (exact) mass is 281 g/mol. The normalized spacial score (nSPS) is 26.6. The quantitative estimate of drug-likeness (QED) is 0.911. The molecule has 0 aliphatic carbocycles. The molecule has 1 aliphatic rings. The van der Waals surface area contributed by atoms with Crippen LogP contribution in [0.1, 0.15) is 40.5 Å². The van der Waals surface area contributed by atoms with Crippen LogP contribution < -0.4 is 15.2 Å². The lowest BCUT2D eigenvalue weighted by Crippen LogP contribution is -2.36. The van der Waals surface area contributed by atoms with E-state index in [2.05, 4.69) is 9.97 Å². The van der Waals surface area contributed by atoms with Gasteiger partial charge < -0.3 is 19.9 Å². The molecule has 1 fully saturated rings. The third-order valence-corrected chi connectivity index (χ3v) is 3.09. The summed E-state index contributed by atoms with van der Waals surface area (Å²) in [5.74, 6) is 0.764. The molecule has 2 rings (SSSR count). The van der Waals surface area contributed by atoms with Gasteiger partial charge in [0.15, 0.2) is 5.69 Å². The third-order valence-electron chi connectivity index (χ3n) is 3.09. The van der Waals surface area contributed by atoms with Crippen LogP contribution in [0.4, 0.5) is 5.69 Å². The van der Waals surface area contributed by atoms with Crippen LogP contribution in [0.2, 0.25) is 0 Å². The predicted octanol–water partition coefficient (Wildman–Crippen LogP) is 2.18. The van der Waals surface area contributed by atoms with Gasteiger partial charge in [-0.3, -0.25) is 0 Å². The molecule has 1 aliphatic heterocycles. The Labute approximate surface area is 119 Å². The van der Waals surface area contributed by atoms with Crippen LogP contribution in [0.5, 0.6) is 11.8 Å². The molecule has 1 saturated heterocycles. The first-order chi connectivity index (χ1) is 9.45. The van der Waals surface area contributed by atoms with Crippen molar-refractivity contribution < 1.29 is 14.2 Å². The van der Waals surface area contributed by atoms with Crippen LogP contribution in [0, 0.1) is 0 Å². The molecular formula is C14H23N3O3. The summed E-state index contributed by atoms with van der Waals surface area (Å²) >= 11 is 0. The third kappa shape index (κ3) is 3.72. The summed E-state index contributed by atoms with van der Waals surface area (Å²) in [6, 6.07) is 0. The van der Waals surface area contributed by atoms with Gasteiger partial charge in [-0.05, 0) is 27.7 Å². The van der Waals surface area contributed by atoms with E-state index in [0.717, 1.165) is 12.8 Å². The Balaban J connectivity index is 2.09. The van der Waals surface area contributed by atoms with Gasteiger partial charge in [0.25, 0.3) is 0 Å². The van der Waals surface area contributed by atoms with E-state index in [1.807, 2.05) is 27.7 Å². The number of hydrogen-bond acceptors (Lipinski definition) is 6. The lowest BCUT2D eigenvalue weighted by Gasteiger charge is -2.32. The van der Waals surface area contributed by atoms with Crippen molar-refractivity contribution in [2.45, 2.75) is 65.0 Å². The zero-order chi connectivity index (χ0) is 14.7. The second-order valence-corrected chi connectivity index (χ2v) is 5.53.